The van der Waals surface area contributed by atoms with E-state index in [1.54, 1.807) is 20.8 Å². The van der Waals surface area contributed by atoms with Gasteiger partial charge in [0.2, 0.25) is 0 Å². The predicted molar refractivity (Wildman–Crippen MR) is 46.2 cm³/mol. The van der Waals surface area contributed by atoms with Gasteiger partial charge in [0.05, 0.1) is 6.54 Å². The molecule has 0 bridgehead atoms. The van der Waals surface area contributed by atoms with Crippen molar-refractivity contribution in [1.29, 1.82) is 0 Å². The van der Waals surface area contributed by atoms with Crippen LogP contribution in [0.4, 0.5) is 4.79 Å². The molecule has 5 nitrogen and oxygen atoms in total. The molecule has 1 unspecified atom stereocenters. The molecule has 2 amide bonds. The van der Waals surface area contributed by atoms with Crippen LogP contribution in [-0.4, -0.2) is 30.2 Å². The number of carbonyl (C=O) groups is 2. The summed E-state index contributed by atoms with van der Waals surface area (Å²) in [6.45, 7) is 5.66. The van der Waals surface area contributed by atoms with Gasteiger partial charge in [-0.2, -0.15) is 0 Å². The molecule has 0 spiro atoms. The Kier molecular flexibility index (Phi) is 2.45. The van der Waals surface area contributed by atoms with Crippen molar-refractivity contribution in [2.45, 2.75) is 32.4 Å². The first-order valence-corrected chi connectivity index (χ1v) is 4.16. The molecular formula is C8H14N2O3. The van der Waals surface area contributed by atoms with Gasteiger partial charge >= 0.3 is 12.0 Å². The van der Waals surface area contributed by atoms with E-state index in [0.717, 1.165) is 0 Å². The highest BCUT2D eigenvalue weighted by Crippen LogP contribution is 2.09. The van der Waals surface area contributed by atoms with Gasteiger partial charge in [-0.15, -0.1) is 0 Å². The molecule has 0 aliphatic carbocycles. The average molecular weight is 186 g/mol. The van der Waals surface area contributed by atoms with Crippen molar-refractivity contribution in [1.82, 2.24) is 10.6 Å². The zero-order valence-corrected chi connectivity index (χ0v) is 8.01. The van der Waals surface area contributed by atoms with Crippen molar-refractivity contribution in [3.05, 3.63) is 0 Å². The number of rotatable bonds is 1. The van der Waals surface area contributed by atoms with Gasteiger partial charge in [-0.1, -0.05) is 0 Å². The summed E-state index contributed by atoms with van der Waals surface area (Å²) in [4.78, 5) is 22.0. The van der Waals surface area contributed by atoms with Gasteiger partial charge in [0.15, 0.2) is 0 Å². The minimum Gasteiger partial charge on any atom is -0.458 e. The third kappa shape index (κ3) is 2.93. The Labute approximate surface area is 76.8 Å². The van der Waals surface area contributed by atoms with Gasteiger partial charge in [0.1, 0.15) is 11.6 Å². The molecule has 0 aromatic heterocycles. The van der Waals surface area contributed by atoms with E-state index in [1.165, 1.54) is 0 Å². The summed E-state index contributed by atoms with van der Waals surface area (Å²) in [5.74, 6) is -0.397. The topological polar surface area (TPSA) is 67.4 Å². The lowest BCUT2D eigenvalue weighted by molar-refractivity contribution is -0.156. The second-order valence-electron chi connectivity index (χ2n) is 3.94. The van der Waals surface area contributed by atoms with Gasteiger partial charge in [0.25, 0.3) is 0 Å². The van der Waals surface area contributed by atoms with Crippen molar-refractivity contribution in [3.8, 4) is 0 Å². The highest BCUT2D eigenvalue weighted by molar-refractivity contribution is 5.87. The first-order chi connectivity index (χ1) is 5.88. The Bertz CT molecular complexity index is 232. The molecule has 5 heteroatoms. The van der Waals surface area contributed by atoms with Crippen LogP contribution in [0.2, 0.25) is 0 Å². The number of esters is 1. The van der Waals surface area contributed by atoms with E-state index >= 15 is 0 Å². The fourth-order valence-electron chi connectivity index (χ4n) is 0.970. The summed E-state index contributed by atoms with van der Waals surface area (Å²) < 4.78 is 5.08. The number of carbonyl (C=O) groups excluding carboxylic acids is 2. The Morgan fingerprint density at radius 1 is 1.54 bits per heavy atom. The molecule has 1 aliphatic rings. The largest absolute Gasteiger partial charge is 0.458 e. The fraction of sp³-hybridized carbons (Fsp3) is 0.750. The van der Waals surface area contributed by atoms with Crippen LogP contribution in [0.25, 0.3) is 0 Å². The Morgan fingerprint density at radius 3 is 2.54 bits per heavy atom. The average Bonchev–Trinajstić information content (AvgIpc) is 2.31. The highest BCUT2D eigenvalue weighted by atomic mass is 16.6. The van der Waals surface area contributed by atoms with E-state index in [-0.39, 0.29) is 6.03 Å². The number of hydrogen-bond acceptors (Lipinski definition) is 3. The number of ether oxygens (including phenoxy) is 1. The molecule has 13 heavy (non-hydrogen) atoms. The lowest BCUT2D eigenvalue weighted by atomic mass is 10.2. The zero-order chi connectivity index (χ0) is 10.1. The van der Waals surface area contributed by atoms with E-state index in [0.29, 0.717) is 6.54 Å². The van der Waals surface area contributed by atoms with Gasteiger partial charge in [-0.05, 0) is 20.8 Å². The van der Waals surface area contributed by atoms with Gasteiger partial charge in [-0.25, -0.2) is 9.59 Å². The Balaban J connectivity index is 2.45. The maximum atomic E-state index is 11.3. The van der Waals surface area contributed by atoms with E-state index in [9.17, 15) is 9.59 Å². The molecule has 0 radical (unpaired) electrons. The quantitative estimate of drug-likeness (QED) is 0.567. The SMILES string of the molecule is CC(C)(C)OC(=O)C1CNC(=O)N1. The molecule has 0 aromatic rings. The summed E-state index contributed by atoms with van der Waals surface area (Å²) in [6, 6.07) is -0.873. The lowest BCUT2D eigenvalue weighted by Gasteiger charge is -2.21. The van der Waals surface area contributed by atoms with E-state index in [2.05, 4.69) is 10.6 Å². The highest BCUT2D eigenvalue weighted by Gasteiger charge is 2.30. The minimum atomic E-state index is -0.549. The maximum absolute atomic E-state index is 11.3. The summed E-state index contributed by atoms with van der Waals surface area (Å²) >= 11 is 0. The first kappa shape index (κ1) is 9.83. The summed E-state index contributed by atoms with van der Waals surface area (Å²) in [5, 5.41) is 4.94. The van der Waals surface area contributed by atoms with E-state index in [1.807, 2.05) is 0 Å². The second-order valence-corrected chi connectivity index (χ2v) is 3.94. The van der Waals surface area contributed by atoms with Crippen LogP contribution in [0.15, 0.2) is 0 Å². The van der Waals surface area contributed by atoms with Crippen LogP contribution in [0.3, 0.4) is 0 Å². The van der Waals surface area contributed by atoms with E-state index < -0.39 is 17.6 Å². The Hall–Kier alpha value is -1.26. The van der Waals surface area contributed by atoms with Crippen molar-refractivity contribution in [2.24, 2.45) is 0 Å². The standard InChI is InChI=1S/C8H14N2O3/c1-8(2,3)13-6(11)5-4-9-7(12)10-5/h5H,4H2,1-3H3,(H2,9,10,12). The van der Waals surface area contributed by atoms with Crippen LogP contribution in [0, 0.1) is 0 Å². The molecule has 1 atom stereocenters. The van der Waals surface area contributed by atoms with Crippen LogP contribution in [-0.2, 0) is 9.53 Å². The minimum absolute atomic E-state index is 0.299. The zero-order valence-electron chi connectivity index (χ0n) is 8.01. The smallest absolute Gasteiger partial charge is 0.331 e. The normalized spacial score (nSPS) is 22.1. The number of hydrogen-bond donors (Lipinski definition) is 2. The van der Waals surface area contributed by atoms with Crippen LogP contribution >= 0.6 is 0 Å². The fourth-order valence-corrected chi connectivity index (χ4v) is 0.970. The van der Waals surface area contributed by atoms with Crippen molar-refractivity contribution < 1.29 is 14.3 Å². The van der Waals surface area contributed by atoms with E-state index in [4.69, 9.17) is 4.74 Å². The van der Waals surface area contributed by atoms with Crippen LogP contribution in [0.5, 0.6) is 0 Å². The summed E-state index contributed by atoms with van der Waals surface area (Å²) in [6.07, 6.45) is 0. The third-order valence-electron chi connectivity index (χ3n) is 1.46. The summed E-state index contributed by atoms with van der Waals surface area (Å²) in [5.41, 5.74) is -0.510. The predicted octanol–water partition coefficient (Wildman–Crippen LogP) is 0.00950. The van der Waals surface area contributed by atoms with Crippen LogP contribution < -0.4 is 10.6 Å². The third-order valence-corrected chi connectivity index (χ3v) is 1.46. The van der Waals surface area contributed by atoms with Gasteiger partial charge < -0.3 is 15.4 Å². The molecule has 0 saturated carbocycles. The molecule has 0 aromatic carbocycles. The lowest BCUT2D eigenvalue weighted by Crippen LogP contribution is -2.39. The van der Waals surface area contributed by atoms with Crippen molar-refractivity contribution in [3.63, 3.8) is 0 Å². The molecule has 1 fully saturated rings. The molecule has 1 saturated heterocycles. The van der Waals surface area contributed by atoms with Gasteiger partial charge in [0, 0.05) is 0 Å². The Morgan fingerprint density at radius 2 is 2.15 bits per heavy atom. The molecule has 1 heterocycles. The maximum Gasteiger partial charge on any atom is 0.331 e. The number of amides is 2. The van der Waals surface area contributed by atoms with Gasteiger partial charge in [-0.3, -0.25) is 0 Å². The molecule has 1 rings (SSSR count). The number of nitrogens with one attached hydrogen (secondary N) is 2. The molecule has 2 N–H and O–H groups in total. The number of urea groups is 1. The van der Waals surface area contributed by atoms with Crippen molar-refractivity contribution in [2.75, 3.05) is 6.54 Å². The molecular weight excluding hydrogens is 172 g/mol. The molecule has 1 aliphatic heterocycles. The van der Waals surface area contributed by atoms with Crippen molar-refractivity contribution >= 4 is 12.0 Å². The summed E-state index contributed by atoms with van der Waals surface area (Å²) in [7, 11) is 0. The second kappa shape index (κ2) is 3.24. The molecule has 74 valence electrons. The first-order valence-electron chi connectivity index (χ1n) is 4.16. The van der Waals surface area contributed by atoms with Crippen LogP contribution in [0.1, 0.15) is 20.8 Å². The monoisotopic (exact) mass is 186 g/mol.